The molecule has 0 aliphatic carbocycles. The van der Waals surface area contributed by atoms with Crippen LogP contribution < -0.4 is 5.32 Å². The van der Waals surface area contributed by atoms with Gasteiger partial charge in [0.25, 0.3) is 5.91 Å². The van der Waals surface area contributed by atoms with Crippen molar-refractivity contribution in [3.05, 3.63) is 0 Å². The topological polar surface area (TPSA) is 52.6 Å². The van der Waals surface area contributed by atoms with Gasteiger partial charge in [0.1, 0.15) is 0 Å². The minimum Gasteiger partial charge on any atom is -0.390 e. The normalized spacial score (nSPS) is 26.4. The van der Waals surface area contributed by atoms with E-state index >= 15 is 0 Å². The lowest BCUT2D eigenvalue weighted by molar-refractivity contribution is -0.127. The molecule has 1 aliphatic heterocycles. The third-order valence-electron chi connectivity index (χ3n) is 2.20. The summed E-state index contributed by atoms with van der Waals surface area (Å²) in [5.74, 6) is 4.74. The Morgan fingerprint density at radius 3 is 2.77 bits per heavy atom. The Morgan fingerprint density at radius 2 is 2.31 bits per heavy atom. The third kappa shape index (κ3) is 2.20. The SMILES string of the molecule is CC#CC(=O)N(C)[C@H]1CNC[C@@H]1O. The maximum Gasteiger partial charge on any atom is 0.298 e. The van der Waals surface area contributed by atoms with Crippen molar-refractivity contribution in [2.24, 2.45) is 0 Å². The molecule has 1 fully saturated rings. The molecule has 1 saturated heterocycles. The van der Waals surface area contributed by atoms with Gasteiger partial charge in [-0.15, -0.1) is 0 Å². The van der Waals surface area contributed by atoms with Crippen LogP contribution in [0.15, 0.2) is 0 Å². The largest absolute Gasteiger partial charge is 0.390 e. The quantitative estimate of drug-likeness (QED) is 0.501. The molecule has 0 unspecified atom stereocenters. The average molecular weight is 182 g/mol. The van der Waals surface area contributed by atoms with E-state index in [1.165, 1.54) is 4.90 Å². The molecule has 2 N–H and O–H groups in total. The Bertz CT molecular complexity index is 254. The number of rotatable bonds is 1. The van der Waals surface area contributed by atoms with Crippen LogP contribution in [0.5, 0.6) is 0 Å². The highest BCUT2D eigenvalue weighted by Gasteiger charge is 2.30. The van der Waals surface area contributed by atoms with Gasteiger partial charge in [0.15, 0.2) is 0 Å². The van der Waals surface area contributed by atoms with Crippen molar-refractivity contribution in [2.75, 3.05) is 20.1 Å². The summed E-state index contributed by atoms with van der Waals surface area (Å²) in [5, 5.41) is 12.5. The number of aliphatic hydroxyl groups is 1. The van der Waals surface area contributed by atoms with Gasteiger partial charge in [-0.3, -0.25) is 4.79 Å². The van der Waals surface area contributed by atoms with Gasteiger partial charge < -0.3 is 15.3 Å². The lowest BCUT2D eigenvalue weighted by Crippen LogP contribution is -2.43. The molecule has 0 aromatic heterocycles. The summed E-state index contributed by atoms with van der Waals surface area (Å²) in [4.78, 5) is 12.8. The maximum atomic E-state index is 11.3. The number of carbonyl (C=O) groups is 1. The van der Waals surface area contributed by atoms with E-state index in [9.17, 15) is 9.90 Å². The number of aliphatic hydroxyl groups excluding tert-OH is 1. The standard InChI is InChI=1S/C9H14N2O2/c1-3-4-9(13)11(2)7-5-10-6-8(7)12/h7-8,10,12H,5-6H2,1-2H3/t7-,8-/m0/s1. The summed E-state index contributed by atoms with van der Waals surface area (Å²) >= 11 is 0. The van der Waals surface area contributed by atoms with Gasteiger partial charge in [0.2, 0.25) is 0 Å². The number of nitrogens with one attached hydrogen (secondary N) is 1. The Morgan fingerprint density at radius 1 is 1.62 bits per heavy atom. The van der Waals surface area contributed by atoms with E-state index < -0.39 is 6.10 Å². The second kappa shape index (κ2) is 4.26. The van der Waals surface area contributed by atoms with Gasteiger partial charge in [-0.1, -0.05) is 5.92 Å². The molecule has 1 heterocycles. The van der Waals surface area contributed by atoms with Crippen molar-refractivity contribution < 1.29 is 9.90 Å². The molecule has 0 spiro atoms. The summed E-state index contributed by atoms with van der Waals surface area (Å²) in [7, 11) is 1.66. The minimum absolute atomic E-state index is 0.145. The fourth-order valence-electron chi connectivity index (χ4n) is 1.39. The molecule has 1 aliphatic rings. The van der Waals surface area contributed by atoms with Crippen LogP contribution in [0.1, 0.15) is 6.92 Å². The molecule has 0 bridgehead atoms. The third-order valence-corrected chi connectivity index (χ3v) is 2.20. The first kappa shape index (κ1) is 10.0. The van der Waals surface area contributed by atoms with E-state index in [0.717, 1.165) is 0 Å². The molecule has 1 rings (SSSR count). The summed E-state index contributed by atoms with van der Waals surface area (Å²) in [6, 6.07) is -0.145. The Kier molecular flexibility index (Phi) is 3.29. The van der Waals surface area contributed by atoms with Gasteiger partial charge in [0, 0.05) is 20.1 Å². The van der Waals surface area contributed by atoms with E-state index in [2.05, 4.69) is 17.2 Å². The van der Waals surface area contributed by atoms with E-state index in [0.29, 0.717) is 13.1 Å². The summed E-state index contributed by atoms with van der Waals surface area (Å²) in [5.41, 5.74) is 0. The zero-order valence-corrected chi connectivity index (χ0v) is 7.87. The van der Waals surface area contributed by atoms with Crippen LogP contribution in [-0.2, 0) is 4.79 Å². The molecule has 0 aromatic rings. The van der Waals surface area contributed by atoms with Gasteiger partial charge in [-0.25, -0.2) is 0 Å². The first-order valence-corrected chi connectivity index (χ1v) is 4.25. The molecule has 1 amide bonds. The zero-order chi connectivity index (χ0) is 9.84. The van der Waals surface area contributed by atoms with Crippen LogP contribution >= 0.6 is 0 Å². The van der Waals surface area contributed by atoms with Crippen molar-refractivity contribution in [1.29, 1.82) is 0 Å². The molecular weight excluding hydrogens is 168 g/mol. The molecule has 4 nitrogen and oxygen atoms in total. The number of β-amino-alcohol motifs (C(OH)–C–C–N with tert-alkyl or cyclic N) is 1. The number of carbonyl (C=O) groups excluding carboxylic acids is 1. The first-order chi connectivity index (χ1) is 6.16. The highest BCUT2D eigenvalue weighted by Crippen LogP contribution is 2.06. The highest BCUT2D eigenvalue weighted by molar-refractivity contribution is 5.93. The van der Waals surface area contributed by atoms with Crippen LogP contribution in [0.25, 0.3) is 0 Å². The van der Waals surface area contributed by atoms with Crippen LogP contribution in [0.4, 0.5) is 0 Å². The van der Waals surface area contributed by atoms with Gasteiger partial charge in [-0.05, 0) is 12.8 Å². The maximum absolute atomic E-state index is 11.3. The molecule has 0 aromatic carbocycles. The fraction of sp³-hybridized carbons (Fsp3) is 0.667. The van der Waals surface area contributed by atoms with Gasteiger partial charge >= 0.3 is 0 Å². The number of likely N-dealkylation sites (N-methyl/N-ethyl adjacent to an activating group) is 1. The second-order valence-corrected chi connectivity index (χ2v) is 3.08. The Balaban J connectivity index is 2.59. The molecular formula is C9H14N2O2. The smallest absolute Gasteiger partial charge is 0.298 e. The van der Waals surface area contributed by atoms with Crippen molar-refractivity contribution in [3.63, 3.8) is 0 Å². The number of nitrogens with zero attached hydrogens (tertiary/aromatic N) is 1. The summed E-state index contributed by atoms with van der Waals surface area (Å²) in [6.45, 7) is 2.80. The predicted octanol–water partition coefficient (Wildman–Crippen LogP) is -1.20. The van der Waals surface area contributed by atoms with Crippen LogP contribution in [0.3, 0.4) is 0 Å². The Hall–Kier alpha value is -1.05. The Labute approximate surface area is 77.9 Å². The molecule has 2 atom stereocenters. The summed E-state index contributed by atoms with van der Waals surface area (Å²) < 4.78 is 0. The monoisotopic (exact) mass is 182 g/mol. The fourth-order valence-corrected chi connectivity index (χ4v) is 1.39. The highest BCUT2D eigenvalue weighted by atomic mass is 16.3. The second-order valence-electron chi connectivity index (χ2n) is 3.08. The van der Waals surface area contributed by atoms with Crippen molar-refractivity contribution in [3.8, 4) is 11.8 Å². The molecule has 4 heteroatoms. The van der Waals surface area contributed by atoms with Crippen LogP contribution in [0.2, 0.25) is 0 Å². The first-order valence-electron chi connectivity index (χ1n) is 4.25. The zero-order valence-electron chi connectivity index (χ0n) is 7.87. The van der Waals surface area contributed by atoms with Gasteiger partial charge in [0.05, 0.1) is 12.1 Å². The van der Waals surface area contributed by atoms with Crippen LogP contribution in [0, 0.1) is 11.8 Å². The molecule has 0 radical (unpaired) electrons. The average Bonchev–Trinajstić information content (AvgIpc) is 2.50. The number of hydrogen-bond donors (Lipinski definition) is 2. The van der Waals surface area contributed by atoms with E-state index in [1.54, 1.807) is 14.0 Å². The van der Waals surface area contributed by atoms with E-state index in [4.69, 9.17) is 0 Å². The molecule has 13 heavy (non-hydrogen) atoms. The van der Waals surface area contributed by atoms with Crippen molar-refractivity contribution >= 4 is 5.91 Å². The van der Waals surface area contributed by atoms with Gasteiger partial charge in [-0.2, -0.15) is 0 Å². The molecule has 72 valence electrons. The van der Waals surface area contributed by atoms with E-state index in [1.807, 2.05) is 0 Å². The van der Waals surface area contributed by atoms with Crippen LogP contribution in [-0.4, -0.2) is 48.2 Å². The van der Waals surface area contributed by atoms with E-state index in [-0.39, 0.29) is 11.9 Å². The number of amides is 1. The lowest BCUT2D eigenvalue weighted by atomic mass is 10.2. The number of hydrogen-bond acceptors (Lipinski definition) is 3. The lowest BCUT2D eigenvalue weighted by Gasteiger charge is -2.24. The minimum atomic E-state index is -0.479. The van der Waals surface area contributed by atoms with Crippen molar-refractivity contribution in [2.45, 2.75) is 19.1 Å². The summed E-state index contributed by atoms with van der Waals surface area (Å²) in [6.07, 6.45) is -0.479. The predicted molar refractivity (Wildman–Crippen MR) is 48.9 cm³/mol. The molecule has 0 saturated carbocycles. The van der Waals surface area contributed by atoms with Crippen molar-refractivity contribution in [1.82, 2.24) is 10.2 Å².